The second kappa shape index (κ2) is 8.60. The van der Waals surface area contributed by atoms with Gasteiger partial charge in [0, 0.05) is 38.4 Å². The molecule has 0 bridgehead atoms. The number of carbonyl (C=O) groups is 1. The molecule has 2 aliphatic rings. The Kier molecular flexibility index (Phi) is 6.24. The van der Waals surface area contributed by atoms with Gasteiger partial charge in [-0.3, -0.25) is 9.69 Å². The van der Waals surface area contributed by atoms with Gasteiger partial charge in [-0.2, -0.15) is 0 Å². The number of hydrogen-bond donors (Lipinski definition) is 2. The van der Waals surface area contributed by atoms with Crippen molar-refractivity contribution >= 4 is 11.6 Å². The van der Waals surface area contributed by atoms with E-state index >= 15 is 0 Å². The third kappa shape index (κ3) is 5.58. The monoisotopic (exact) mass is 330 g/mol. The van der Waals surface area contributed by atoms with Crippen molar-refractivity contribution in [1.29, 1.82) is 0 Å². The topological polar surface area (TPSA) is 47.6 Å². The molecule has 2 fully saturated rings. The molecule has 1 amide bonds. The molecule has 5 nitrogen and oxygen atoms in total. The van der Waals surface area contributed by atoms with Gasteiger partial charge in [0.25, 0.3) is 0 Å². The standard InChI is InChI=1S/C19H30N4O/c1-2-22-9-11-23(12-10-22)15-17-5-7-18(8-6-17)21-19(24)14-20-13-16-3-4-16/h5-8,16,20H,2-4,9-15H2,1H3,(H,21,24). The van der Waals surface area contributed by atoms with Gasteiger partial charge in [-0.15, -0.1) is 0 Å². The lowest BCUT2D eigenvalue weighted by molar-refractivity contribution is -0.115. The van der Waals surface area contributed by atoms with Crippen molar-refractivity contribution in [2.45, 2.75) is 26.3 Å². The van der Waals surface area contributed by atoms with Gasteiger partial charge in [0.2, 0.25) is 5.91 Å². The molecule has 1 aliphatic heterocycles. The fourth-order valence-electron chi connectivity index (χ4n) is 3.13. The van der Waals surface area contributed by atoms with Crippen LogP contribution in [0.15, 0.2) is 24.3 Å². The summed E-state index contributed by atoms with van der Waals surface area (Å²) in [6.45, 7) is 10.4. The second-order valence-electron chi connectivity index (χ2n) is 7.03. The van der Waals surface area contributed by atoms with Gasteiger partial charge in [0.1, 0.15) is 0 Å². The summed E-state index contributed by atoms with van der Waals surface area (Å²) in [5.41, 5.74) is 2.19. The third-order valence-corrected chi connectivity index (χ3v) is 4.97. The Morgan fingerprint density at radius 1 is 1.08 bits per heavy atom. The number of hydrogen-bond acceptors (Lipinski definition) is 4. The highest BCUT2D eigenvalue weighted by Crippen LogP contribution is 2.27. The van der Waals surface area contributed by atoms with Crippen LogP contribution >= 0.6 is 0 Å². The Morgan fingerprint density at radius 3 is 2.38 bits per heavy atom. The van der Waals surface area contributed by atoms with E-state index in [2.05, 4.69) is 39.5 Å². The Bertz CT molecular complexity index is 519. The van der Waals surface area contributed by atoms with Gasteiger partial charge in [-0.05, 0) is 49.5 Å². The number of rotatable bonds is 8. The zero-order valence-corrected chi connectivity index (χ0v) is 14.8. The molecule has 0 atom stereocenters. The van der Waals surface area contributed by atoms with Gasteiger partial charge in [0.15, 0.2) is 0 Å². The van der Waals surface area contributed by atoms with Crippen molar-refractivity contribution in [3.8, 4) is 0 Å². The van der Waals surface area contributed by atoms with Crippen LogP contribution in [0.1, 0.15) is 25.3 Å². The molecule has 0 unspecified atom stereocenters. The molecular weight excluding hydrogens is 300 g/mol. The summed E-state index contributed by atoms with van der Waals surface area (Å²) in [4.78, 5) is 16.9. The molecule has 1 saturated carbocycles. The molecule has 0 radical (unpaired) electrons. The molecule has 2 N–H and O–H groups in total. The van der Waals surface area contributed by atoms with E-state index in [-0.39, 0.29) is 5.91 Å². The average Bonchev–Trinajstić information content (AvgIpc) is 3.42. The number of nitrogens with zero attached hydrogens (tertiary/aromatic N) is 2. The quantitative estimate of drug-likeness (QED) is 0.763. The van der Waals surface area contributed by atoms with Gasteiger partial charge >= 0.3 is 0 Å². The lowest BCUT2D eigenvalue weighted by Crippen LogP contribution is -2.45. The van der Waals surface area contributed by atoms with E-state index in [1.807, 2.05) is 12.1 Å². The molecule has 24 heavy (non-hydrogen) atoms. The largest absolute Gasteiger partial charge is 0.325 e. The summed E-state index contributed by atoms with van der Waals surface area (Å²) < 4.78 is 0. The maximum absolute atomic E-state index is 11.9. The van der Waals surface area contributed by atoms with Crippen molar-refractivity contribution < 1.29 is 4.79 Å². The first-order chi connectivity index (χ1) is 11.7. The molecule has 1 aromatic rings. The molecule has 1 saturated heterocycles. The number of likely N-dealkylation sites (N-methyl/N-ethyl adjacent to an activating group) is 1. The molecule has 132 valence electrons. The van der Waals surface area contributed by atoms with Crippen LogP contribution in [0.25, 0.3) is 0 Å². The molecule has 1 heterocycles. The van der Waals surface area contributed by atoms with Crippen LogP contribution in [-0.4, -0.2) is 61.5 Å². The Labute approximate surface area is 145 Å². The zero-order chi connectivity index (χ0) is 16.8. The fourth-order valence-corrected chi connectivity index (χ4v) is 3.13. The van der Waals surface area contributed by atoms with E-state index in [9.17, 15) is 4.79 Å². The summed E-state index contributed by atoms with van der Waals surface area (Å²) in [5, 5.41) is 6.18. The summed E-state index contributed by atoms with van der Waals surface area (Å²) in [7, 11) is 0. The zero-order valence-electron chi connectivity index (χ0n) is 14.8. The maximum Gasteiger partial charge on any atom is 0.238 e. The van der Waals surface area contributed by atoms with Crippen LogP contribution in [-0.2, 0) is 11.3 Å². The maximum atomic E-state index is 11.9. The highest BCUT2D eigenvalue weighted by Gasteiger charge is 2.20. The van der Waals surface area contributed by atoms with Crippen LogP contribution < -0.4 is 10.6 Å². The minimum Gasteiger partial charge on any atom is -0.325 e. The number of anilines is 1. The lowest BCUT2D eigenvalue weighted by Gasteiger charge is -2.34. The summed E-state index contributed by atoms with van der Waals surface area (Å²) in [6.07, 6.45) is 2.62. The van der Waals surface area contributed by atoms with Gasteiger partial charge in [0.05, 0.1) is 6.54 Å². The Hall–Kier alpha value is -1.43. The van der Waals surface area contributed by atoms with E-state index < -0.39 is 0 Å². The van der Waals surface area contributed by atoms with E-state index in [0.29, 0.717) is 6.54 Å². The van der Waals surface area contributed by atoms with Crippen molar-refractivity contribution in [1.82, 2.24) is 15.1 Å². The van der Waals surface area contributed by atoms with Crippen molar-refractivity contribution in [3.05, 3.63) is 29.8 Å². The molecule has 0 aromatic heterocycles. The average molecular weight is 330 g/mol. The predicted octanol–water partition coefficient (Wildman–Crippen LogP) is 1.76. The van der Waals surface area contributed by atoms with E-state index in [4.69, 9.17) is 0 Å². The van der Waals surface area contributed by atoms with Crippen molar-refractivity contribution in [3.63, 3.8) is 0 Å². The SMILES string of the molecule is CCN1CCN(Cc2ccc(NC(=O)CNCC3CC3)cc2)CC1. The van der Waals surface area contributed by atoms with Crippen LogP contribution in [0.2, 0.25) is 0 Å². The normalized spacial score (nSPS) is 19.4. The first-order valence-corrected chi connectivity index (χ1v) is 9.27. The Morgan fingerprint density at radius 2 is 1.75 bits per heavy atom. The highest BCUT2D eigenvalue weighted by molar-refractivity contribution is 5.92. The first-order valence-electron chi connectivity index (χ1n) is 9.27. The van der Waals surface area contributed by atoms with Crippen molar-refractivity contribution in [2.75, 3.05) is 51.1 Å². The van der Waals surface area contributed by atoms with Gasteiger partial charge < -0.3 is 15.5 Å². The lowest BCUT2D eigenvalue weighted by atomic mass is 10.1. The summed E-state index contributed by atoms with van der Waals surface area (Å²) in [5.74, 6) is 0.843. The minimum atomic E-state index is 0.0408. The number of nitrogens with one attached hydrogen (secondary N) is 2. The van der Waals surface area contributed by atoms with E-state index in [0.717, 1.165) is 44.3 Å². The van der Waals surface area contributed by atoms with Crippen molar-refractivity contribution in [2.24, 2.45) is 5.92 Å². The van der Waals surface area contributed by atoms with Gasteiger partial charge in [-0.25, -0.2) is 0 Å². The predicted molar refractivity (Wildman–Crippen MR) is 98.1 cm³/mol. The van der Waals surface area contributed by atoms with Crippen LogP contribution in [0.4, 0.5) is 5.69 Å². The van der Waals surface area contributed by atoms with Gasteiger partial charge in [-0.1, -0.05) is 19.1 Å². The smallest absolute Gasteiger partial charge is 0.238 e. The third-order valence-electron chi connectivity index (χ3n) is 4.97. The van der Waals surface area contributed by atoms with E-state index in [1.165, 1.54) is 31.5 Å². The minimum absolute atomic E-state index is 0.0408. The van der Waals surface area contributed by atoms with E-state index in [1.54, 1.807) is 0 Å². The molecular formula is C19H30N4O. The molecule has 0 spiro atoms. The highest BCUT2D eigenvalue weighted by atomic mass is 16.1. The molecule has 3 rings (SSSR count). The number of carbonyl (C=O) groups excluding carboxylic acids is 1. The molecule has 5 heteroatoms. The van der Waals surface area contributed by atoms with Crippen LogP contribution in [0, 0.1) is 5.92 Å². The number of amides is 1. The fraction of sp³-hybridized carbons (Fsp3) is 0.632. The number of piperazine rings is 1. The molecule has 1 aromatic carbocycles. The second-order valence-corrected chi connectivity index (χ2v) is 7.03. The first kappa shape index (κ1) is 17.4. The van der Waals surface area contributed by atoms with Crippen LogP contribution in [0.5, 0.6) is 0 Å². The Balaban J connectivity index is 1.39. The van der Waals surface area contributed by atoms with Crippen LogP contribution in [0.3, 0.4) is 0 Å². The summed E-state index contributed by atoms with van der Waals surface area (Å²) in [6, 6.07) is 8.27. The molecule has 1 aliphatic carbocycles. The summed E-state index contributed by atoms with van der Waals surface area (Å²) >= 11 is 0. The number of benzene rings is 1.